The van der Waals surface area contributed by atoms with Crippen molar-refractivity contribution in [2.24, 2.45) is 0 Å². The lowest BCUT2D eigenvalue weighted by atomic mass is 10.4. The quantitative estimate of drug-likeness (QED) is 0.506. The van der Waals surface area contributed by atoms with Crippen LogP contribution in [0.1, 0.15) is 13.8 Å². The van der Waals surface area contributed by atoms with E-state index in [4.69, 9.17) is 5.11 Å². The zero-order chi connectivity index (χ0) is 9.40. The van der Waals surface area contributed by atoms with Crippen molar-refractivity contribution < 1.29 is 14.6 Å². The molecule has 68 valence electrons. The maximum absolute atomic E-state index is 10.7. The predicted molar refractivity (Wildman–Crippen MR) is 46.6 cm³/mol. The Labute approximate surface area is 72.3 Å². The molecular formula is C9H14O3. The van der Waals surface area contributed by atoms with E-state index in [0.29, 0.717) is 0 Å². The lowest BCUT2D eigenvalue weighted by Crippen LogP contribution is -2.19. The molecule has 0 heterocycles. The molecule has 0 aromatic heterocycles. The van der Waals surface area contributed by atoms with Gasteiger partial charge in [-0.3, -0.25) is 0 Å². The van der Waals surface area contributed by atoms with Gasteiger partial charge < -0.3 is 9.84 Å². The Bertz CT molecular complexity index is 180. The minimum absolute atomic E-state index is 0.202. The van der Waals surface area contributed by atoms with Gasteiger partial charge in [0.05, 0.1) is 0 Å². The lowest BCUT2D eigenvalue weighted by Gasteiger charge is -2.02. The van der Waals surface area contributed by atoms with Gasteiger partial charge in [-0.1, -0.05) is 18.2 Å². The number of aliphatic hydroxyl groups excluding tert-OH is 1. The first-order chi connectivity index (χ1) is 5.68. The highest BCUT2D eigenvalue weighted by Crippen LogP contribution is 1.87. The Kier molecular flexibility index (Phi) is 6.01. The average Bonchev–Trinajstić information content (AvgIpc) is 2.03. The molecule has 0 bridgehead atoms. The molecule has 0 aromatic rings. The van der Waals surface area contributed by atoms with Crippen LogP contribution in [-0.4, -0.2) is 23.8 Å². The van der Waals surface area contributed by atoms with Crippen molar-refractivity contribution in [2.75, 3.05) is 6.61 Å². The Hall–Kier alpha value is -1.09. The van der Waals surface area contributed by atoms with Crippen LogP contribution in [-0.2, 0) is 9.53 Å². The first-order valence-corrected chi connectivity index (χ1v) is 3.81. The summed E-state index contributed by atoms with van der Waals surface area (Å²) >= 11 is 0. The highest BCUT2D eigenvalue weighted by atomic mass is 16.5. The number of rotatable bonds is 4. The van der Waals surface area contributed by atoms with E-state index < -0.39 is 12.1 Å². The molecule has 0 aliphatic carbocycles. The van der Waals surface area contributed by atoms with Crippen LogP contribution in [0.3, 0.4) is 0 Å². The summed E-state index contributed by atoms with van der Waals surface area (Å²) in [6.07, 6.45) is 6.12. The van der Waals surface area contributed by atoms with Gasteiger partial charge in [-0.25, -0.2) is 4.79 Å². The molecule has 1 atom stereocenters. The van der Waals surface area contributed by atoms with Crippen LogP contribution in [0.15, 0.2) is 24.3 Å². The molecular weight excluding hydrogens is 156 g/mol. The summed E-state index contributed by atoms with van der Waals surface area (Å²) in [4.78, 5) is 10.7. The van der Waals surface area contributed by atoms with Crippen LogP contribution in [0.5, 0.6) is 0 Å². The third kappa shape index (κ3) is 5.68. The summed E-state index contributed by atoms with van der Waals surface area (Å²) in [7, 11) is 0. The summed E-state index contributed by atoms with van der Waals surface area (Å²) in [6.45, 7) is 3.47. The molecule has 0 fully saturated rings. The van der Waals surface area contributed by atoms with E-state index in [0.717, 1.165) is 0 Å². The Morgan fingerprint density at radius 3 is 2.75 bits per heavy atom. The highest BCUT2D eigenvalue weighted by Gasteiger charge is 2.07. The smallest absolute Gasteiger partial charge is 0.334 e. The fourth-order valence-corrected chi connectivity index (χ4v) is 0.496. The minimum atomic E-state index is -1.04. The lowest BCUT2D eigenvalue weighted by molar-refractivity contribution is -0.151. The largest absolute Gasteiger partial charge is 0.460 e. The Morgan fingerprint density at radius 2 is 2.25 bits per heavy atom. The van der Waals surface area contributed by atoms with Crippen LogP contribution in [0.4, 0.5) is 0 Å². The van der Waals surface area contributed by atoms with E-state index in [2.05, 4.69) is 4.74 Å². The summed E-state index contributed by atoms with van der Waals surface area (Å²) in [5.41, 5.74) is 0. The van der Waals surface area contributed by atoms with Crippen LogP contribution >= 0.6 is 0 Å². The van der Waals surface area contributed by atoms with Crippen molar-refractivity contribution in [3.8, 4) is 0 Å². The van der Waals surface area contributed by atoms with E-state index in [1.807, 2.05) is 19.1 Å². The van der Waals surface area contributed by atoms with Crippen molar-refractivity contribution in [1.29, 1.82) is 0 Å². The van der Waals surface area contributed by atoms with Gasteiger partial charge in [-0.05, 0) is 19.9 Å². The van der Waals surface area contributed by atoms with E-state index in [1.54, 1.807) is 12.2 Å². The fourth-order valence-electron chi connectivity index (χ4n) is 0.496. The first-order valence-electron chi connectivity index (χ1n) is 3.81. The molecule has 1 unspecified atom stereocenters. The molecule has 0 aliphatic heterocycles. The zero-order valence-electron chi connectivity index (χ0n) is 7.36. The SMILES string of the molecule is CC=CC=CCOC(=O)C(C)O. The molecule has 12 heavy (non-hydrogen) atoms. The number of esters is 1. The summed E-state index contributed by atoms with van der Waals surface area (Å²) in [6, 6.07) is 0. The van der Waals surface area contributed by atoms with Gasteiger partial charge in [-0.15, -0.1) is 0 Å². The second-order valence-corrected chi connectivity index (χ2v) is 2.26. The van der Waals surface area contributed by atoms with Crippen molar-refractivity contribution >= 4 is 5.97 Å². The van der Waals surface area contributed by atoms with Crippen LogP contribution in [0, 0.1) is 0 Å². The zero-order valence-corrected chi connectivity index (χ0v) is 7.36. The molecule has 0 spiro atoms. The third-order valence-corrected chi connectivity index (χ3v) is 1.10. The molecule has 0 aliphatic rings. The summed E-state index contributed by atoms with van der Waals surface area (Å²) < 4.78 is 4.64. The maximum atomic E-state index is 10.7. The van der Waals surface area contributed by atoms with Gasteiger partial charge in [0.1, 0.15) is 12.7 Å². The number of allylic oxidation sites excluding steroid dienone is 3. The monoisotopic (exact) mass is 170 g/mol. The second-order valence-electron chi connectivity index (χ2n) is 2.26. The van der Waals surface area contributed by atoms with E-state index in [1.165, 1.54) is 6.92 Å². The first kappa shape index (κ1) is 10.9. The molecule has 0 aromatic carbocycles. The van der Waals surface area contributed by atoms with Crippen LogP contribution in [0.2, 0.25) is 0 Å². The van der Waals surface area contributed by atoms with Crippen LogP contribution < -0.4 is 0 Å². The van der Waals surface area contributed by atoms with Crippen molar-refractivity contribution in [3.05, 3.63) is 24.3 Å². The molecule has 0 saturated heterocycles. The summed E-state index contributed by atoms with van der Waals surface area (Å²) in [5, 5.41) is 8.71. The predicted octanol–water partition coefficient (Wildman–Crippen LogP) is 1.04. The van der Waals surface area contributed by atoms with Crippen LogP contribution in [0.25, 0.3) is 0 Å². The average molecular weight is 170 g/mol. The fraction of sp³-hybridized carbons (Fsp3) is 0.444. The number of ether oxygens (including phenoxy) is 1. The maximum Gasteiger partial charge on any atom is 0.334 e. The van der Waals surface area contributed by atoms with E-state index in [9.17, 15) is 4.79 Å². The van der Waals surface area contributed by atoms with Crippen molar-refractivity contribution in [2.45, 2.75) is 20.0 Å². The molecule has 3 heteroatoms. The van der Waals surface area contributed by atoms with Crippen molar-refractivity contribution in [1.82, 2.24) is 0 Å². The van der Waals surface area contributed by atoms with Gasteiger partial charge in [0.2, 0.25) is 0 Å². The number of hydrogen-bond acceptors (Lipinski definition) is 3. The molecule has 0 saturated carbocycles. The third-order valence-electron chi connectivity index (χ3n) is 1.10. The van der Waals surface area contributed by atoms with Gasteiger partial charge in [0.25, 0.3) is 0 Å². The Morgan fingerprint density at radius 1 is 1.58 bits per heavy atom. The molecule has 0 rings (SSSR count). The molecule has 3 nitrogen and oxygen atoms in total. The minimum Gasteiger partial charge on any atom is -0.460 e. The molecule has 0 amide bonds. The van der Waals surface area contributed by atoms with Gasteiger partial charge >= 0.3 is 5.97 Å². The van der Waals surface area contributed by atoms with E-state index >= 15 is 0 Å². The molecule has 1 N–H and O–H groups in total. The van der Waals surface area contributed by atoms with Crippen molar-refractivity contribution in [3.63, 3.8) is 0 Å². The Balaban J connectivity index is 3.50. The normalized spacial score (nSPS) is 13.9. The summed E-state index contributed by atoms with van der Waals surface area (Å²) in [5.74, 6) is -0.597. The van der Waals surface area contributed by atoms with Gasteiger partial charge in [0.15, 0.2) is 0 Å². The van der Waals surface area contributed by atoms with E-state index in [-0.39, 0.29) is 6.61 Å². The second kappa shape index (κ2) is 6.61. The molecule has 0 radical (unpaired) electrons. The van der Waals surface area contributed by atoms with Gasteiger partial charge in [0, 0.05) is 0 Å². The van der Waals surface area contributed by atoms with Gasteiger partial charge in [-0.2, -0.15) is 0 Å². The number of carbonyl (C=O) groups excluding carboxylic acids is 1. The topological polar surface area (TPSA) is 46.5 Å². The number of aliphatic hydroxyl groups is 1. The number of hydrogen-bond donors (Lipinski definition) is 1. The standard InChI is InChI=1S/C9H14O3/c1-3-4-5-6-7-12-9(11)8(2)10/h3-6,8,10H,7H2,1-2H3. The highest BCUT2D eigenvalue weighted by molar-refractivity contribution is 5.73. The number of carbonyl (C=O) groups is 1.